The molecule has 27 heavy (non-hydrogen) atoms. The van der Waals surface area contributed by atoms with Crippen LogP contribution >= 0.6 is 0 Å². The van der Waals surface area contributed by atoms with Gasteiger partial charge in [0.15, 0.2) is 5.76 Å². The predicted molar refractivity (Wildman–Crippen MR) is 101 cm³/mol. The number of piperazine rings is 1. The Morgan fingerprint density at radius 3 is 2.41 bits per heavy atom. The van der Waals surface area contributed by atoms with Crippen molar-refractivity contribution in [3.8, 4) is 11.3 Å². The van der Waals surface area contributed by atoms with Crippen LogP contribution in [0.3, 0.4) is 0 Å². The summed E-state index contributed by atoms with van der Waals surface area (Å²) in [6.45, 7) is 7.56. The van der Waals surface area contributed by atoms with E-state index >= 15 is 0 Å². The average Bonchev–Trinajstić information content (AvgIpc) is 3.19. The molecule has 1 aromatic heterocycles. The lowest BCUT2D eigenvalue weighted by Gasteiger charge is -2.35. The van der Waals surface area contributed by atoms with Gasteiger partial charge >= 0.3 is 0 Å². The summed E-state index contributed by atoms with van der Waals surface area (Å²) in [6.07, 6.45) is 1.79. The van der Waals surface area contributed by atoms with Crippen molar-refractivity contribution in [3.05, 3.63) is 42.4 Å². The lowest BCUT2D eigenvalue weighted by Crippen LogP contribution is -2.51. The lowest BCUT2D eigenvalue weighted by molar-refractivity contribution is -0.136. The summed E-state index contributed by atoms with van der Waals surface area (Å²) in [5.74, 6) is 1.76. The normalized spacial score (nSPS) is 19.3. The van der Waals surface area contributed by atoms with Crippen LogP contribution < -0.4 is 0 Å². The summed E-state index contributed by atoms with van der Waals surface area (Å²) >= 11 is 0. The molecule has 7 heteroatoms. The molecule has 0 bridgehead atoms. The molecule has 0 unspecified atom stereocenters. The van der Waals surface area contributed by atoms with Gasteiger partial charge in [-0.15, -0.1) is 0 Å². The molecule has 1 amide bonds. The van der Waals surface area contributed by atoms with E-state index in [4.69, 9.17) is 9.15 Å². The number of aromatic nitrogens is 1. The van der Waals surface area contributed by atoms with Gasteiger partial charge in [0, 0.05) is 44.8 Å². The first-order valence-corrected chi connectivity index (χ1v) is 9.58. The minimum atomic E-state index is 0.215. The van der Waals surface area contributed by atoms with E-state index < -0.39 is 0 Å². The Morgan fingerprint density at radius 1 is 0.963 bits per heavy atom. The minimum absolute atomic E-state index is 0.215. The third-order valence-electron chi connectivity index (χ3n) is 5.16. The van der Waals surface area contributed by atoms with E-state index in [2.05, 4.69) is 14.8 Å². The van der Waals surface area contributed by atoms with Crippen LogP contribution in [0, 0.1) is 0 Å². The highest BCUT2D eigenvalue weighted by molar-refractivity contribution is 5.78. The van der Waals surface area contributed by atoms with Crippen molar-refractivity contribution in [1.29, 1.82) is 0 Å². The first-order chi connectivity index (χ1) is 13.3. The second-order valence-electron chi connectivity index (χ2n) is 7.03. The van der Waals surface area contributed by atoms with E-state index in [1.54, 1.807) is 6.20 Å². The topological polar surface area (TPSA) is 62.1 Å². The third kappa shape index (κ3) is 4.74. The van der Waals surface area contributed by atoms with Gasteiger partial charge in [-0.2, -0.15) is 0 Å². The predicted octanol–water partition coefficient (Wildman–Crippen LogP) is 1.32. The number of carbonyl (C=O) groups is 1. The van der Waals surface area contributed by atoms with E-state index in [1.807, 2.05) is 35.2 Å². The van der Waals surface area contributed by atoms with Crippen molar-refractivity contribution < 1.29 is 13.9 Å². The van der Waals surface area contributed by atoms with Gasteiger partial charge in [0.25, 0.3) is 0 Å². The van der Waals surface area contributed by atoms with Crippen molar-refractivity contribution >= 4 is 5.91 Å². The zero-order valence-corrected chi connectivity index (χ0v) is 15.5. The summed E-state index contributed by atoms with van der Waals surface area (Å²) in [5.41, 5.74) is 1.04. The SMILES string of the molecule is O=C(CN1CCN(Cc2ncc(-c3ccccc3)o2)CC1)N1CCOCC1. The smallest absolute Gasteiger partial charge is 0.236 e. The molecule has 144 valence electrons. The van der Waals surface area contributed by atoms with Crippen LogP contribution in [0.5, 0.6) is 0 Å². The fourth-order valence-corrected chi connectivity index (χ4v) is 3.52. The maximum absolute atomic E-state index is 12.4. The number of benzene rings is 1. The zero-order chi connectivity index (χ0) is 18.5. The molecule has 7 nitrogen and oxygen atoms in total. The first kappa shape index (κ1) is 18.2. The van der Waals surface area contributed by atoms with Crippen molar-refractivity contribution in [3.63, 3.8) is 0 Å². The van der Waals surface area contributed by atoms with E-state index in [0.29, 0.717) is 39.4 Å². The molecule has 2 aliphatic heterocycles. The molecule has 2 aromatic rings. The van der Waals surface area contributed by atoms with Crippen LogP contribution in [-0.2, 0) is 16.1 Å². The molecule has 2 saturated heterocycles. The molecule has 0 saturated carbocycles. The van der Waals surface area contributed by atoms with Gasteiger partial charge in [0.1, 0.15) is 0 Å². The largest absolute Gasteiger partial charge is 0.439 e. The first-order valence-electron chi connectivity index (χ1n) is 9.58. The van der Waals surface area contributed by atoms with Crippen LogP contribution in [0.15, 0.2) is 40.9 Å². The molecule has 0 atom stereocenters. The number of hydrogen-bond donors (Lipinski definition) is 0. The Hall–Kier alpha value is -2.22. The van der Waals surface area contributed by atoms with Gasteiger partial charge in [-0.25, -0.2) is 4.98 Å². The second kappa shape index (κ2) is 8.65. The molecule has 1 aromatic carbocycles. The zero-order valence-electron chi connectivity index (χ0n) is 15.5. The molecule has 2 fully saturated rings. The Morgan fingerprint density at radius 2 is 1.67 bits per heavy atom. The van der Waals surface area contributed by atoms with Gasteiger partial charge < -0.3 is 14.1 Å². The van der Waals surface area contributed by atoms with Crippen molar-refractivity contribution in [2.75, 3.05) is 59.0 Å². The van der Waals surface area contributed by atoms with E-state index in [0.717, 1.165) is 43.4 Å². The maximum atomic E-state index is 12.4. The number of amides is 1. The quantitative estimate of drug-likeness (QED) is 0.791. The summed E-state index contributed by atoms with van der Waals surface area (Å²) in [5, 5.41) is 0. The van der Waals surface area contributed by atoms with Crippen molar-refractivity contribution in [2.24, 2.45) is 0 Å². The van der Waals surface area contributed by atoms with E-state index in [9.17, 15) is 4.79 Å². The fourth-order valence-electron chi connectivity index (χ4n) is 3.52. The Balaban J connectivity index is 1.24. The summed E-state index contributed by atoms with van der Waals surface area (Å²) in [6, 6.07) is 10.0. The molecule has 0 N–H and O–H groups in total. The highest BCUT2D eigenvalue weighted by Crippen LogP contribution is 2.20. The van der Waals surface area contributed by atoms with Gasteiger partial charge in [-0.05, 0) is 0 Å². The number of nitrogens with zero attached hydrogens (tertiary/aromatic N) is 4. The van der Waals surface area contributed by atoms with Gasteiger partial charge in [-0.3, -0.25) is 14.6 Å². The number of carbonyl (C=O) groups excluding carboxylic acids is 1. The highest BCUT2D eigenvalue weighted by Gasteiger charge is 2.23. The van der Waals surface area contributed by atoms with Crippen LogP contribution in [0.25, 0.3) is 11.3 Å². The van der Waals surface area contributed by atoms with Gasteiger partial charge in [0.05, 0.1) is 32.5 Å². The number of rotatable bonds is 5. The number of morpholine rings is 1. The Kier molecular flexibility index (Phi) is 5.81. The van der Waals surface area contributed by atoms with Crippen LogP contribution in [0.1, 0.15) is 5.89 Å². The van der Waals surface area contributed by atoms with E-state index in [-0.39, 0.29) is 5.91 Å². The average molecular weight is 370 g/mol. The molecular formula is C20H26N4O3. The molecule has 0 spiro atoms. The molecule has 4 rings (SSSR count). The molecular weight excluding hydrogens is 344 g/mol. The lowest BCUT2D eigenvalue weighted by atomic mass is 10.2. The number of hydrogen-bond acceptors (Lipinski definition) is 6. The van der Waals surface area contributed by atoms with Crippen molar-refractivity contribution in [2.45, 2.75) is 6.54 Å². The number of oxazole rings is 1. The minimum Gasteiger partial charge on any atom is -0.439 e. The molecule has 0 aliphatic carbocycles. The monoisotopic (exact) mass is 370 g/mol. The molecule has 2 aliphatic rings. The Bertz CT molecular complexity index is 735. The number of ether oxygens (including phenoxy) is 1. The van der Waals surface area contributed by atoms with Gasteiger partial charge in [-0.1, -0.05) is 30.3 Å². The van der Waals surface area contributed by atoms with Crippen molar-refractivity contribution in [1.82, 2.24) is 19.7 Å². The van der Waals surface area contributed by atoms with Gasteiger partial charge in [0.2, 0.25) is 11.8 Å². The third-order valence-corrected chi connectivity index (χ3v) is 5.16. The highest BCUT2D eigenvalue weighted by atomic mass is 16.5. The Labute approximate surface area is 159 Å². The molecule has 3 heterocycles. The van der Waals surface area contributed by atoms with Crippen LogP contribution in [-0.4, -0.2) is 84.6 Å². The second-order valence-corrected chi connectivity index (χ2v) is 7.03. The summed E-state index contributed by atoms with van der Waals surface area (Å²) in [7, 11) is 0. The summed E-state index contributed by atoms with van der Waals surface area (Å²) < 4.78 is 11.2. The van der Waals surface area contributed by atoms with Crippen LogP contribution in [0.4, 0.5) is 0 Å². The fraction of sp³-hybridized carbons (Fsp3) is 0.500. The standard InChI is InChI=1S/C20H26N4O3/c25-20(24-10-12-26-13-11-24)16-23-8-6-22(7-9-23)15-19-21-14-18(27-19)17-4-2-1-3-5-17/h1-5,14H,6-13,15-16H2. The van der Waals surface area contributed by atoms with Crippen LogP contribution in [0.2, 0.25) is 0 Å². The maximum Gasteiger partial charge on any atom is 0.236 e. The van der Waals surface area contributed by atoms with E-state index in [1.165, 1.54) is 0 Å². The molecule has 0 radical (unpaired) electrons. The summed E-state index contributed by atoms with van der Waals surface area (Å²) in [4.78, 5) is 23.3.